The van der Waals surface area contributed by atoms with Crippen LogP contribution < -0.4 is 5.32 Å². The van der Waals surface area contributed by atoms with E-state index in [1.54, 1.807) is 30.3 Å². The summed E-state index contributed by atoms with van der Waals surface area (Å²) in [4.78, 5) is 47.6. The first-order valence-corrected chi connectivity index (χ1v) is 7.09. The van der Waals surface area contributed by atoms with Crippen molar-refractivity contribution in [3.05, 3.63) is 64.7 Å². The normalized spacial score (nSPS) is 12.4. The standard InChI is InChI=1S/C18H13NO4/c1-10(20)8-16(21)19-11-6-7-14-15(9-11)18(23)13-5-3-2-4-12(13)17(14)22/h2-7,9H,8H2,1H3,(H,19,21). The van der Waals surface area contributed by atoms with Crippen molar-refractivity contribution in [3.8, 4) is 0 Å². The molecule has 0 aromatic heterocycles. The molecule has 0 atom stereocenters. The van der Waals surface area contributed by atoms with Gasteiger partial charge in [0.15, 0.2) is 11.6 Å². The molecule has 2 aromatic carbocycles. The smallest absolute Gasteiger partial charge is 0.231 e. The van der Waals surface area contributed by atoms with Crippen LogP contribution in [0.15, 0.2) is 42.5 Å². The molecule has 0 radical (unpaired) electrons. The summed E-state index contributed by atoms with van der Waals surface area (Å²) in [5.74, 6) is -1.16. The molecule has 0 bridgehead atoms. The van der Waals surface area contributed by atoms with Crippen molar-refractivity contribution in [3.63, 3.8) is 0 Å². The molecule has 5 nitrogen and oxygen atoms in total. The lowest BCUT2D eigenvalue weighted by Crippen LogP contribution is -2.21. The minimum atomic E-state index is -0.451. The SMILES string of the molecule is CC(=O)CC(=O)Nc1ccc2c(c1)C(=O)c1ccccc1C2=O. The predicted octanol–water partition coefficient (Wildman–Crippen LogP) is 2.38. The number of carbonyl (C=O) groups is 4. The number of hydrogen-bond acceptors (Lipinski definition) is 4. The summed E-state index contributed by atoms with van der Waals surface area (Å²) in [6.45, 7) is 1.32. The average Bonchev–Trinajstić information content (AvgIpc) is 2.51. The number of benzene rings is 2. The van der Waals surface area contributed by atoms with E-state index in [2.05, 4.69) is 5.32 Å². The molecule has 3 rings (SSSR count). The number of Topliss-reactive ketones (excluding diaryl/α,β-unsaturated/α-hetero) is 1. The summed E-state index contributed by atoms with van der Waals surface area (Å²) in [5, 5.41) is 2.56. The van der Waals surface area contributed by atoms with Crippen LogP contribution in [0.2, 0.25) is 0 Å². The van der Waals surface area contributed by atoms with Gasteiger partial charge in [-0.2, -0.15) is 0 Å². The lowest BCUT2D eigenvalue weighted by molar-refractivity contribution is -0.124. The first-order chi connectivity index (χ1) is 11.0. The second-order valence-corrected chi connectivity index (χ2v) is 5.39. The van der Waals surface area contributed by atoms with E-state index in [4.69, 9.17) is 0 Å². The van der Waals surface area contributed by atoms with Gasteiger partial charge in [-0.25, -0.2) is 0 Å². The highest BCUT2D eigenvalue weighted by molar-refractivity contribution is 6.28. The second kappa shape index (κ2) is 5.61. The minimum Gasteiger partial charge on any atom is -0.326 e. The zero-order valence-corrected chi connectivity index (χ0v) is 12.4. The van der Waals surface area contributed by atoms with Crippen LogP contribution in [0.3, 0.4) is 0 Å². The fourth-order valence-electron chi connectivity index (χ4n) is 2.61. The Morgan fingerprint density at radius 3 is 2.04 bits per heavy atom. The monoisotopic (exact) mass is 307 g/mol. The number of amides is 1. The van der Waals surface area contributed by atoms with Crippen LogP contribution in [-0.4, -0.2) is 23.3 Å². The van der Waals surface area contributed by atoms with E-state index >= 15 is 0 Å². The molecule has 2 aromatic rings. The maximum atomic E-state index is 12.6. The Bertz CT molecular complexity index is 867. The van der Waals surface area contributed by atoms with Crippen molar-refractivity contribution >= 4 is 28.9 Å². The molecule has 1 aliphatic carbocycles. The molecule has 5 heteroatoms. The molecule has 0 spiro atoms. The van der Waals surface area contributed by atoms with Crippen LogP contribution in [0.5, 0.6) is 0 Å². The molecular weight excluding hydrogens is 294 g/mol. The van der Waals surface area contributed by atoms with Gasteiger partial charge in [0.25, 0.3) is 0 Å². The van der Waals surface area contributed by atoms with Gasteiger partial charge in [-0.15, -0.1) is 0 Å². The zero-order valence-electron chi connectivity index (χ0n) is 12.4. The molecule has 0 heterocycles. The van der Waals surface area contributed by atoms with E-state index in [1.807, 2.05) is 0 Å². The summed E-state index contributed by atoms with van der Waals surface area (Å²) < 4.78 is 0. The first-order valence-electron chi connectivity index (χ1n) is 7.09. The van der Waals surface area contributed by atoms with Crippen LogP contribution >= 0.6 is 0 Å². The summed E-state index contributed by atoms with van der Waals surface area (Å²) in [6.07, 6.45) is -0.229. The van der Waals surface area contributed by atoms with E-state index in [0.717, 1.165) is 0 Å². The molecule has 0 saturated carbocycles. The number of rotatable bonds is 3. The van der Waals surface area contributed by atoms with Crippen LogP contribution in [0.25, 0.3) is 0 Å². The molecule has 114 valence electrons. The summed E-state index contributed by atoms with van der Waals surface area (Å²) in [6, 6.07) is 11.2. The minimum absolute atomic E-state index is 0.211. The van der Waals surface area contributed by atoms with Crippen molar-refractivity contribution in [2.75, 3.05) is 5.32 Å². The summed E-state index contributed by atoms with van der Waals surface area (Å²) in [7, 11) is 0. The van der Waals surface area contributed by atoms with Gasteiger partial charge >= 0.3 is 0 Å². The van der Waals surface area contributed by atoms with Crippen molar-refractivity contribution in [1.29, 1.82) is 0 Å². The van der Waals surface area contributed by atoms with E-state index in [-0.39, 0.29) is 29.3 Å². The Hall–Kier alpha value is -3.08. The third-order valence-electron chi connectivity index (χ3n) is 3.62. The molecule has 1 N–H and O–H groups in total. The van der Waals surface area contributed by atoms with Crippen molar-refractivity contribution in [2.24, 2.45) is 0 Å². The van der Waals surface area contributed by atoms with E-state index in [1.165, 1.54) is 19.1 Å². The lowest BCUT2D eigenvalue weighted by Gasteiger charge is -2.18. The number of carbonyl (C=O) groups excluding carboxylic acids is 4. The van der Waals surface area contributed by atoms with E-state index in [9.17, 15) is 19.2 Å². The Kier molecular flexibility index (Phi) is 3.62. The highest BCUT2D eigenvalue weighted by Gasteiger charge is 2.29. The molecule has 0 aliphatic heterocycles. The van der Waals surface area contributed by atoms with Gasteiger partial charge in [0.2, 0.25) is 5.91 Å². The predicted molar refractivity (Wildman–Crippen MR) is 83.7 cm³/mol. The Morgan fingerprint density at radius 2 is 1.43 bits per heavy atom. The van der Waals surface area contributed by atoms with E-state index in [0.29, 0.717) is 22.4 Å². The van der Waals surface area contributed by atoms with Crippen molar-refractivity contribution in [1.82, 2.24) is 0 Å². The van der Waals surface area contributed by atoms with Gasteiger partial charge in [-0.3, -0.25) is 19.2 Å². The third kappa shape index (κ3) is 2.68. The molecule has 23 heavy (non-hydrogen) atoms. The quantitative estimate of drug-likeness (QED) is 0.753. The highest BCUT2D eigenvalue weighted by Crippen LogP contribution is 2.29. The van der Waals surface area contributed by atoms with Gasteiger partial charge in [0.05, 0.1) is 6.42 Å². The van der Waals surface area contributed by atoms with Crippen LogP contribution in [0.4, 0.5) is 5.69 Å². The van der Waals surface area contributed by atoms with Gasteiger partial charge in [0.1, 0.15) is 5.78 Å². The molecule has 0 unspecified atom stereocenters. The summed E-state index contributed by atoms with van der Waals surface area (Å²) >= 11 is 0. The Balaban J connectivity index is 1.97. The fraction of sp³-hybridized carbons (Fsp3) is 0.111. The van der Waals surface area contributed by atoms with Gasteiger partial charge in [-0.05, 0) is 25.1 Å². The maximum absolute atomic E-state index is 12.6. The highest BCUT2D eigenvalue weighted by atomic mass is 16.2. The second-order valence-electron chi connectivity index (χ2n) is 5.39. The van der Waals surface area contributed by atoms with Crippen molar-refractivity contribution < 1.29 is 19.2 Å². The number of fused-ring (bicyclic) bond motifs is 2. The largest absolute Gasteiger partial charge is 0.326 e. The molecular formula is C18H13NO4. The number of anilines is 1. The van der Waals surface area contributed by atoms with Gasteiger partial charge < -0.3 is 5.32 Å². The fourth-order valence-corrected chi connectivity index (χ4v) is 2.61. The molecule has 1 aliphatic rings. The maximum Gasteiger partial charge on any atom is 0.231 e. The lowest BCUT2D eigenvalue weighted by atomic mass is 9.84. The Morgan fingerprint density at radius 1 is 0.870 bits per heavy atom. The van der Waals surface area contributed by atoms with Crippen LogP contribution in [0, 0.1) is 0 Å². The average molecular weight is 307 g/mol. The topological polar surface area (TPSA) is 80.3 Å². The Labute approximate surface area is 132 Å². The number of nitrogens with one attached hydrogen (secondary N) is 1. The number of hydrogen-bond donors (Lipinski definition) is 1. The van der Waals surface area contributed by atoms with Gasteiger partial charge in [0, 0.05) is 27.9 Å². The first kappa shape index (κ1) is 14.8. The zero-order chi connectivity index (χ0) is 16.6. The molecule has 0 fully saturated rings. The summed E-state index contributed by atoms with van der Waals surface area (Å²) in [5.41, 5.74) is 1.71. The molecule has 0 saturated heterocycles. The van der Waals surface area contributed by atoms with Crippen LogP contribution in [-0.2, 0) is 9.59 Å². The number of ketones is 3. The third-order valence-corrected chi connectivity index (χ3v) is 3.62. The molecule has 1 amide bonds. The van der Waals surface area contributed by atoms with Crippen LogP contribution in [0.1, 0.15) is 45.2 Å². The van der Waals surface area contributed by atoms with Gasteiger partial charge in [-0.1, -0.05) is 24.3 Å². The van der Waals surface area contributed by atoms with E-state index < -0.39 is 5.91 Å². The van der Waals surface area contributed by atoms with Crippen molar-refractivity contribution in [2.45, 2.75) is 13.3 Å².